The third kappa shape index (κ3) is 6.38. The molecule has 0 saturated heterocycles. The number of carbonyl (C=O) groups excluding carboxylic acids is 1. The summed E-state index contributed by atoms with van der Waals surface area (Å²) < 4.78 is 46.6. The summed E-state index contributed by atoms with van der Waals surface area (Å²) in [7, 11) is 0. The minimum Gasteiger partial charge on any atom is -0.493 e. The average Bonchev–Trinajstić information content (AvgIpc) is 2.64. The van der Waals surface area contributed by atoms with Gasteiger partial charge in [0.15, 0.2) is 5.78 Å². The Bertz CT molecular complexity index is 902. The molecule has 8 heteroatoms. The first kappa shape index (κ1) is 22.0. The predicted octanol–water partition coefficient (Wildman–Crippen LogP) is 5.34. The smallest absolute Gasteiger partial charge is 0.493 e. The molecule has 5 nitrogen and oxygen atoms in total. The van der Waals surface area contributed by atoms with Gasteiger partial charge in [0.2, 0.25) is 0 Å². The van der Waals surface area contributed by atoms with E-state index in [4.69, 9.17) is 9.84 Å². The summed E-state index contributed by atoms with van der Waals surface area (Å²) in [6.45, 7) is 5.17. The van der Waals surface area contributed by atoms with Gasteiger partial charge < -0.3 is 14.6 Å². The molecule has 0 atom stereocenters. The van der Waals surface area contributed by atoms with Crippen LogP contribution in [0.4, 0.5) is 13.2 Å². The molecule has 29 heavy (non-hydrogen) atoms. The van der Waals surface area contributed by atoms with Crippen LogP contribution in [0.5, 0.6) is 11.5 Å². The highest BCUT2D eigenvalue weighted by Gasteiger charge is 2.31. The van der Waals surface area contributed by atoms with Crippen molar-refractivity contribution in [2.24, 2.45) is 0 Å². The van der Waals surface area contributed by atoms with Crippen molar-refractivity contribution in [3.8, 4) is 22.6 Å². The molecular formula is C21H19F3O5. The van der Waals surface area contributed by atoms with E-state index in [1.807, 2.05) is 0 Å². The van der Waals surface area contributed by atoms with Gasteiger partial charge in [0, 0.05) is 17.5 Å². The Kier molecular flexibility index (Phi) is 7.03. The van der Waals surface area contributed by atoms with Crippen LogP contribution >= 0.6 is 0 Å². The number of aliphatic carboxylic acids is 1. The van der Waals surface area contributed by atoms with E-state index in [1.54, 1.807) is 6.07 Å². The molecule has 0 spiro atoms. The molecular weight excluding hydrogens is 389 g/mol. The molecule has 154 valence electrons. The molecule has 0 bridgehead atoms. The fourth-order valence-corrected chi connectivity index (χ4v) is 2.66. The molecule has 2 aromatic rings. The first-order valence-electron chi connectivity index (χ1n) is 8.63. The Morgan fingerprint density at radius 3 is 2.34 bits per heavy atom. The molecule has 0 amide bonds. The van der Waals surface area contributed by atoms with Crippen LogP contribution in [0.2, 0.25) is 0 Å². The lowest BCUT2D eigenvalue weighted by molar-refractivity contribution is -0.274. The first-order valence-corrected chi connectivity index (χ1v) is 8.63. The van der Waals surface area contributed by atoms with E-state index in [2.05, 4.69) is 11.3 Å². The number of hydrogen-bond acceptors (Lipinski definition) is 4. The standard InChI is InChI=1S/C21H19F3O5/c1-3-14-11-18(15-6-8-16(9-7-15)29-21(22,23)24)19(12-17(14)13(2)25)28-10-4-5-20(26)27/h3,6-9,11-12H,1,4-5,10H2,2H3,(H,26,27). The van der Waals surface area contributed by atoms with Crippen LogP contribution < -0.4 is 9.47 Å². The van der Waals surface area contributed by atoms with Crippen molar-refractivity contribution in [3.63, 3.8) is 0 Å². The van der Waals surface area contributed by atoms with Crippen LogP contribution in [0.1, 0.15) is 35.7 Å². The van der Waals surface area contributed by atoms with E-state index < -0.39 is 12.3 Å². The van der Waals surface area contributed by atoms with Crippen molar-refractivity contribution in [1.29, 1.82) is 0 Å². The summed E-state index contributed by atoms with van der Waals surface area (Å²) in [5, 5.41) is 8.73. The van der Waals surface area contributed by atoms with Gasteiger partial charge in [-0.25, -0.2) is 0 Å². The highest BCUT2D eigenvalue weighted by Crippen LogP contribution is 2.35. The number of benzene rings is 2. The molecule has 0 radical (unpaired) electrons. The molecule has 2 aromatic carbocycles. The minimum absolute atomic E-state index is 0.0802. The van der Waals surface area contributed by atoms with Crippen LogP contribution in [0.15, 0.2) is 43.0 Å². The van der Waals surface area contributed by atoms with Crippen molar-refractivity contribution in [2.45, 2.75) is 26.1 Å². The van der Waals surface area contributed by atoms with Crippen molar-refractivity contribution in [1.82, 2.24) is 0 Å². The molecule has 0 aliphatic rings. The molecule has 0 aliphatic heterocycles. The summed E-state index contributed by atoms with van der Waals surface area (Å²) in [5.41, 5.74) is 1.97. The second-order valence-electron chi connectivity index (χ2n) is 6.11. The lowest BCUT2D eigenvalue weighted by Gasteiger charge is -2.16. The Hall–Kier alpha value is -3.29. The number of alkyl halides is 3. The monoisotopic (exact) mass is 408 g/mol. The van der Waals surface area contributed by atoms with E-state index in [1.165, 1.54) is 43.3 Å². The number of ketones is 1. The predicted molar refractivity (Wildman–Crippen MR) is 101 cm³/mol. The number of halogens is 3. The van der Waals surface area contributed by atoms with E-state index in [0.29, 0.717) is 28.0 Å². The van der Waals surface area contributed by atoms with Gasteiger partial charge in [0.25, 0.3) is 0 Å². The number of ether oxygens (including phenoxy) is 2. The third-order valence-electron chi connectivity index (χ3n) is 3.94. The fraction of sp³-hybridized carbons (Fsp3) is 0.238. The lowest BCUT2D eigenvalue weighted by atomic mass is 9.96. The maximum absolute atomic E-state index is 12.4. The van der Waals surface area contributed by atoms with Crippen LogP contribution in [-0.4, -0.2) is 29.8 Å². The Morgan fingerprint density at radius 2 is 1.83 bits per heavy atom. The second kappa shape index (κ2) is 9.27. The maximum Gasteiger partial charge on any atom is 0.573 e. The highest BCUT2D eigenvalue weighted by molar-refractivity contribution is 5.99. The Morgan fingerprint density at radius 1 is 1.17 bits per heavy atom. The van der Waals surface area contributed by atoms with Gasteiger partial charge in [-0.3, -0.25) is 9.59 Å². The van der Waals surface area contributed by atoms with Gasteiger partial charge >= 0.3 is 12.3 Å². The third-order valence-corrected chi connectivity index (χ3v) is 3.94. The molecule has 2 rings (SSSR count). The highest BCUT2D eigenvalue weighted by atomic mass is 19.4. The van der Waals surface area contributed by atoms with Gasteiger partial charge in [-0.15, -0.1) is 13.2 Å². The second-order valence-corrected chi connectivity index (χ2v) is 6.11. The molecule has 0 heterocycles. The quantitative estimate of drug-likeness (QED) is 0.448. The zero-order valence-corrected chi connectivity index (χ0v) is 15.6. The van der Waals surface area contributed by atoms with E-state index in [0.717, 1.165) is 0 Å². The number of carboxylic acid groups (broad SMARTS) is 1. The van der Waals surface area contributed by atoms with E-state index >= 15 is 0 Å². The van der Waals surface area contributed by atoms with Crippen LogP contribution in [0, 0.1) is 0 Å². The number of hydrogen-bond donors (Lipinski definition) is 1. The van der Waals surface area contributed by atoms with E-state index in [-0.39, 0.29) is 31.0 Å². The lowest BCUT2D eigenvalue weighted by Crippen LogP contribution is -2.16. The number of Topliss-reactive ketones (excluding diaryl/α,β-unsaturated/α-hetero) is 1. The normalized spacial score (nSPS) is 11.0. The zero-order chi connectivity index (χ0) is 21.6. The van der Waals surface area contributed by atoms with Crippen LogP contribution in [-0.2, 0) is 4.79 Å². The summed E-state index contributed by atoms with van der Waals surface area (Å²) >= 11 is 0. The zero-order valence-electron chi connectivity index (χ0n) is 15.6. The SMILES string of the molecule is C=Cc1cc(-c2ccc(OC(F)(F)F)cc2)c(OCCCC(=O)O)cc1C(C)=O. The minimum atomic E-state index is -4.79. The fourth-order valence-electron chi connectivity index (χ4n) is 2.66. The average molecular weight is 408 g/mol. The molecule has 0 saturated carbocycles. The number of carbonyl (C=O) groups is 2. The Labute approximate surface area is 165 Å². The molecule has 0 fully saturated rings. The van der Waals surface area contributed by atoms with Gasteiger partial charge in [-0.2, -0.15) is 0 Å². The topological polar surface area (TPSA) is 72.8 Å². The van der Waals surface area contributed by atoms with Crippen molar-refractivity contribution >= 4 is 17.8 Å². The summed E-state index contributed by atoms with van der Waals surface area (Å²) in [6.07, 6.45) is -3.12. The summed E-state index contributed by atoms with van der Waals surface area (Å²) in [4.78, 5) is 22.6. The van der Waals surface area contributed by atoms with E-state index in [9.17, 15) is 22.8 Å². The molecule has 0 aliphatic carbocycles. The van der Waals surface area contributed by atoms with Crippen LogP contribution in [0.25, 0.3) is 17.2 Å². The summed E-state index contributed by atoms with van der Waals surface area (Å²) in [6, 6.07) is 8.38. The van der Waals surface area contributed by atoms with Crippen molar-refractivity contribution in [3.05, 3.63) is 54.1 Å². The van der Waals surface area contributed by atoms with Gasteiger partial charge in [0.1, 0.15) is 11.5 Å². The number of rotatable bonds is 9. The maximum atomic E-state index is 12.4. The van der Waals surface area contributed by atoms with Crippen molar-refractivity contribution < 1.29 is 37.3 Å². The van der Waals surface area contributed by atoms with Gasteiger partial charge in [0.05, 0.1) is 6.61 Å². The molecule has 0 aromatic heterocycles. The summed E-state index contributed by atoms with van der Waals surface area (Å²) in [5.74, 6) is -1.22. The van der Waals surface area contributed by atoms with Crippen LogP contribution in [0.3, 0.4) is 0 Å². The van der Waals surface area contributed by atoms with Gasteiger partial charge in [-0.1, -0.05) is 24.8 Å². The number of carboxylic acids is 1. The largest absolute Gasteiger partial charge is 0.573 e. The Balaban J connectivity index is 2.40. The van der Waals surface area contributed by atoms with Crippen molar-refractivity contribution in [2.75, 3.05) is 6.61 Å². The first-order chi connectivity index (χ1) is 13.6. The molecule has 1 N–H and O–H groups in total. The molecule has 0 unspecified atom stereocenters. The van der Waals surface area contributed by atoms with Gasteiger partial charge in [-0.05, 0) is 48.7 Å².